The van der Waals surface area contributed by atoms with E-state index < -0.39 is 0 Å². The number of nitrogens with zero attached hydrogens (tertiary/aromatic N) is 1. The molecule has 1 heterocycles. The number of hydrogen-bond donors (Lipinski definition) is 1. The van der Waals surface area contributed by atoms with Crippen molar-refractivity contribution in [1.29, 1.82) is 0 Å². The van der Waals surface area contributed by atoms with Crippen molar-refractivity contribution in [2.75, 3.05) is 11.9 Å². The molecule has 1 aliphatic rings. The van der Waals surface area contributed by atoms with Gasteiger partial charge in [0.25, 0.3) is 0 Å². The number of rotatable bonds is 4. The average molecular weight is 224 g/mol. The Labute approximate surface area is 96.1 Å². The number of thiazole rings is 1. The predicted molar refractivity (Wildman–Crippen MR) is 66.7 cm³/mol. The molecule has 0 radical (unpaired) electrons. The SMILES string of the molecule is CCCC1CCc2nc(NCC)sc2C1. The van der Waals surface area contributed by atoms with Crippen molar-refractivity contribution in [3.63, 3.8) is 0 Å². The van der Waals surface area contributed by atoms with Crippen LogP contribution in [-0.2, 0) is 12.8 Å². The van der Waals surface area contributed by atoms with Crippen LogP contribution in [0.5, 0.6) is 0 Å². The van der Waals surface area contributed by atoms with Crippen molar-refractivity contribution in [1.82, 2.24) is 4.98 Å². The molecule has 0 bridgehead atoms. The van der Waals surface area contributed by atoms with Crippen LogP contribution in [0.25, 0.3) is 0 Å². The monoisotopic (exact) mass is 224 g/mol. The minimum Gasteiger partial charge on any atom is -0.362 e. The Bertz CT molecular complexity index is 319. The third kappa shape index (κ3) is 2.51. The van der Waals surface area contributed by atoms with Crippen LogP contribution in [0.3, 0.4) is 0 Å². The van der Waals surface area contributed by atoms with Gasteiger partial charge in [0.2, 0.25) is 0 Å². The van der Waals surface area contributed by atoms with Gasteiger partial charge in [0.1, 0.15) is 0 Å². The molecule has 2 nitrogen and oxygen atoms in total. The normalized spacial score (nSPS) is 20.0. The maximum Gasteiger partial charge on any atom is 0.183 e. The molecule has 1 aromatic rings. The fraction of sp³-hybridized carbons (Fsp3) is 0.750. The second kappa shape index (κ2) is 4.97. The summed E-state index contributed by atoms with van der Waals surface area (Å²) in [5.41, 5.74) is 1.36. The quantitative estimate of drug-likeness (QED) is 0.847. The van der Waals surface area contributed by atoms with Gasteiger partial charge in [-0.3, -0.25) is 0 Å². The van der Waals surface area contributed by atoms with Crippen molar-refractivity contribution in [3.05, 3.63) is 10.6 Å². The zero-order valence-corrected chi connectivity index (χ0v) is 10.5. The maximum absolute atomic E-state index is 4.64. The van der Waals surface area contributed by atoms with E-state index in [0.717, 1.165) is 17.6 Å². The smallest absolute Gasteiger partial charge is 0.183 e. The molecule has 0 amide bonds. The molecule has 0 saturated heterocycles. The fourth-order valence-electron chi connectivity index (χ4n) is 2.32. The van der Waals surface area contributed by atoms with Gasteiger partial charge in [0.15, 0.2) is 5.13 Å². The molecule has 3 heteroatoms. The Balaban J connectivity index is 2.05. The zero-order chi connectivity index (χ0) is 10.7. The third-order valence-corrected chi connectivity index (χ3v) is 4.14. The van der Waals surface area contributed by atoms with E-state index in [9.17, 15) is 0 Å². The van der Waals surface area contributed by atoms with Crippen LogP contribution >= 0.6 is 11.3 Å². The largest absolute Gasteiger partial charge is 0.362 e. The summed E-state index contributed by atoms with van der Waals surface area (Å²) in [5, 5.41) is 4.44. The van der Waals surface area contributed by atoms with Crippen LogP contribution in [0.15, 0.2) is 0 Å². The van der Waals surface area contributed by atoms with E-state index in [-0.39, 0.29) is 0 Å². The summed E-state index contributed by atoms with van der Waals surface area (Å²) in [7, 11) is 0. The van der Waals surface area contributed by atoms with E-state index >= 15 is 0 Å². The first-order valence-corrected chi connectivity index (χ1v) is 6.87. The topological polar surface area (TPSA) is 24.9 Å². The molecule has 0 aliphatic heterocycles. The Hall–Kier alpha value is -0.570. The molecule has 1 aromatic heterocycles. The van der Waals surface area contributed by atoms with E-state index in [0.29, 0.717) is 0 Å². The van der Waals surface area contributed by atoms with Gasteiger partial charge in [-0.1, -0.05) is 19.8 Å². The van der Waals surface area contributed by atoms with E-state index in [1.54, 1.807) is 0 Å². The van der Waals surface area contributed by atoms with Crippen molar-refractivity contribution < 1.29 is 0 Å². The van der Waals surface area contributed by atoms with Gasteiger partial charge in [-0.25, -0.2) is 4.98 Å². The van der Waals surface area contributed by atoms with Crippen molar-refractivity contribution in [2.45, 2.75) is 46.0 Å². The second-order valence-corrected chi connectivity index (χ2v) is 5.40. The summed E-state index contributed by atoms with van der Waals surface area (Å²) < 4.78 is 0. The summed E-state index contributed by atoms with van der Waals surface area (Å²) in [5.74, 6) is 0.914. The summed E-state index contributed by atoms with van der Waals surface area (Å²) in [6.07, 6.45) is 6.51. The van der Waals surface area contributed by atoms with Gasteiger partial charge in [0.05, 0.1) is 5.69 Å². The summed E-state index contributed by atoms with van der Waals surface area (Å²) >= 11 is 1.87. The van der Waals surface area contributed by atoms with Crippen molar-refractivity contribution in [3.8, 4) is 0 Å². The van der Waals surface area contributed by atoms with Crippen LogP contribution in [0.2, 0.25) is 0 Å². The first-order chi connectivity index (χ1) is 7.33. The summed E-state index contributed by atoms with van der Waals surface area (Å²) in [6, 6.07) is 0. The van der Waals surface area contributed by atoms with Gasteiger partial charge in [-0.15, -0.1) is 11.3 Å². The lowest BCUT2D eigenvalue weighted by molar-refractivity contribution is 0.424. The molecule has 1 unspecified atom stereocenters. The summed E-state index contributed by atoms with van der Waals surface area (Å²) in [6.45, 7) is 5.39. The molecular formula is C12H20N2S. The predicted octanol–water partition coefficient (Wildman–Crippen LogP) is 3.48. The van der Waals surface area contributed by atoms with Gasteiger partial charge in [-0.05, 0) is 32.1 Å². The highest BCUT2D eigenvalue weighted by atomic mass is 32.1. The molecule has 2 rings (SSSR count). The second-order valence-electron chi connectivity index (χ2n) is 4.32. The fourth-order valence-corrected chi connectivity index (χ4v) is 3.52. The highest BCUT2D eigenvalue weighted by Gasteiger charge is 2.21. The maximum atomic E-state index is 4.64. The van der Waals surface area contributed by atoms with Crippen molar-refractivity contribution in [2.24, 2.45) is 5.92 Å². The standard InChI is InChI=1S/C12H20N2S/c1-3-5-9-6-7-10-11(8-9)15-12(14-10)13-4-2/h9H,3-8H2,1-2H3,(H,13,14). The minimum atomic E-state index is 0.914. The molecular weight excluding hydrogens is 204 g/mol. The lowest BCUT2D eigenvalue weighted by Crippen LogP contribution is -2.12. The highest BCUT2D eigenvalue weighted by Crippen LogP contribution is 2.33. The number of aryl methyl sites for hydroxylation is 1. The minimum absolute atomic E-state index is 0.914. The number of aromatic nitrogens is 1. The molecule has 84 valence electrons. The first-order valence-electron chi connectivity index (χ1n) is 6.06. The van der Waals surface area contributed by atoms with Crippen LogP contribution < -0.4 is 5.32 Å². The van der Waals surface area contributed by atoms with Gasteiger partial charge < -0.3 is 5.32 Å². The van der Waals surface area contributed by atoms with Gasteiger partial charge >= 0.3 is 0 Å². The van der Waals surface area contributed by atoms with Crippen LogP contribution in [0.4, 0.5) is 5.13 Å². The number of nitrogens with one attached hydrogen (secondary N) is 1. The van der Waals surface area contributed by atoms with Crippen LogP contribution in [0, 0.1) is 5.92 Å². The van der Waals surface area contributed by atoms with Crippen molar-refractivity contribution >= 4 is 16.5 Å². The molecule has 1 aliphatic carbocycles. The molecule has 0 spiro atoms. The number of fused-ring (bicyclic) bond motifs is 1. The zero-order valence-electron chi connectivity index (χ0n) is 9.68. The van der Waals surface area contributed by atoms with Gasteiger partial charge in [-0.2, -0.15) is 0 Å². The number of anilines is 1. The van der Waals surface area contributed by atoms with E-state index in [4.69, 9.17) is 0 Å². The highest BCUT2D eigenvalue weighted by molar-refractivity contribution is 7.15. The lowest BCUT2D eigenvalue weighted by Gasteiger charge is -2.19. The van der Waals surface area contributed by atoms with E-state index in [2.05, 4.69) is 24.1 Å². The van der Waals surface area contributed by atoms with Crippen LogP contribution in [-0.4, -0.2) is 11.5 Å². The molecule has 0 saturated carbocycles. The molecule has 1 atom stereocenters. The van der Waals surface area contributed by atoms with Crippen LogP contribution in [0.1, 0.15) is 43.7 Å². The van der Waals surface area contributed by atoms with E-state index in [1.807, 2.05) is 11.3 Å². The Morgan fingerprint density at radius 1 is 1.47 bits per heavy atom. The molecule has 0 fully saturated rings. The Kier molecular flexibility index (Phi) is 3.62. The third-order valence-electron chi connectivity index (χ3n) is 3.07. The first kappa shape index (κ1) is 10.9. The molecule has 0 aromatic carbocycles. The Morgan fingerprint density at radius 2 is 2.33 bits per heavy atom. The van der Waals surface area contributed by atoms with Gasteiger partial charge in [0, 0.05) is 11.4 Å². The molecule has 1 N–H and O–H groups in total. The lowest BCUT2D eigenvalue weighted by atomic mass is 9.88. The average Bonchev–Trinajstić information content (AvgIpc) is 2.60. The number of hydrogen-bond acceptors (Lipinski definition) is 3. The van der Waals surface area contributed by atoms with E-state index in [1.165, 1.54) is 42.7 Å². The Morgan fingerprint density at radius 3 is 3.07 bits per heavy atom. The summed E-state index contributed by atoms with van der Waals surface area (Å²) in [4.78, 5) is 6.18. The molecule has 15 heavy (non-hydrogen) atoms.